The van der Waals surface area contributed by atoms with Gasteiger partial charge in [0.25, 0.3) is 0 Å². The number of rotatable bonds is 16. The lowest BCUT2D eigenvalue weighted by atomic mass is 10.0. The highest BCUT2D eigenvalue weighted by atomic mass is 16.5. The third-order valence-corrected chi connectivity index (χ3v) is 4.30. The first kappa shape index (κ1) is 21.4. The highest BCUT2D eigenvalue weighted by molar-refractivity contribution is 4.90. The van der Waals surface area contributed by atoms with Crippen molar-refractivity contribution >= 4 is 0 Å². The van der Waals surface area contributed by atoms with Crippen molar-refractivity contribution in [3.8, 4) is 12.0 Å². The molecule has 1 nitrogen and oxygen atoms in total. The Kier molecular flexibility index (Phi) is 19.8. The molecule has 1 heteroatoms. The highest BCUT2D eigenvalue weighted by Crippen LogP contribution is 2.13. The van der Waals surface area contributed by atoms with Crippen LogP contribution in [-0.2, 0) is 4.74 Å². The summed E-state index contributed by atoms with van der Waals surface area (Å²) >= 11 is 0. The van der Waals surface area contributed by atoms with Crippen molar-refractivity contribution in [3.05, 3.63) is 7.11 Å². The van der Waals surface area contributed by atoms with Crippen LogP contribution in [-0.4, -0.2) is 0 Å². The van der Waals surface area contributed by atoms with E-state index in [4.69, 9.17) is 0 Å². The first-order valence-corrected chi connectivity index (χ1v) is 9.80. The van der Waals surface area contributed by atoms with Crippen LogP contribution in [0.1, 0.15) is 116 Å². The van der Waals surface area contributed by atoms with Gasteiger partial charge >= 0.3 is 0 Å². The molecule has 0 aliphatic heterocycles. The lowest BCUT2D eigenvalue weighted by Gasteiger charge is -2.03. The molecule has 0 aliphatic rings. The van der Waals surface area contributed by atoms with Gasteiger partial charge in [0, 0.05) is 6.42 Å². The Morgan fingerprint density at radius 2 is 0.955 bits per heavy atom. The maximum atomic E-state index is 4.46. The molecule has 0 aliphatic carbocycles. The largest absolute Gasteiger partial charge is 0.443 e. The minimum Gasteiger partial charge on any atom is -0.443 e. The van der Waals surface area contributed by atoms with Gasteiger partial charge in [-0.25, -0.2) is 0 Å². The molecule has 0 bridgehead atoms. The summed E-state index contributed by atoms with van der Waals surface area (Å²) < 4.78 is 4.46. The van der Waals surface area contributed by atoms with E-state index in [2.05, 4.69) is 30.8 Å². The van der Waals surface area contributed by atoms with Crippen LogP contribution in [0.3, 0.4) is 0 Å². The van der Waals surface area contributed by atoms with Crippen molar-refractivity contribution in [1.82, 2.24) is 0 Å². The van der Waals surface area contributed by atoms with Crippen LogP contribution in [0.2, 0.25) is 0 Å². The molecule has 129 valence electrons. The minimum atomic E-state index is 0.952. The summed E-state index contributed by atoms with van der Waals surface area (Å²) in [6, 6.07) is 0. The molecule has 0 rings (SSSR count). The highest BCUT2D eigenvalue weighted by Gasteiger charge is 1.94. The molecule has 0 fully saturated rings. The van der Waals surface area contributed by atoms with Crippen LogP contribution in [0.15, 0.2) is 0 Å². The smallest absolute Gasteiger partial charge is 0.135 e. The SMILES string of the molecule is [CH2]OC#CCCCCCCCCCCCCCCCCCC. The van der Waals surface area contributed by atoms with E-state index in [1.54, 1.807) is 0 Å². The third kappa shape index (κ3) is 19.4. The molecule has 0 N–H and O–H groups in total. The molecule has 22 heavy (non-hydrogen) atoms. The van der Waals surface area contributed by atoms with E-state index in [0.29, 0.717) is 0 Å². The average molecular weight is 308 g/mol. The lowest BCUT2D eigenvalue weighted by molar-refractivity contribution is 0.430. The van der Waals surface area contributed by atoms with Gasteiger partial charge in [-0.05, 0) is 6.42 Å². The van der Waals surface area contributed by atoms with Crippen LogP contribution in [0.5, 0.6) is 0 Å². The molecule has 0 aromatic heterocycles. The van der Waals surface area contributed by atoms with Crippen molar-refractivity contribution in [2.45, 2.75) is 116 Å². The second kappa shape index (κ2) is 20.4. The van der Waals surface area contributed by atoms with Gasteiger partial charge in [0.1, 0.15) is 13.2 Å². The maximum absolute atomic E-state index is 4.46. The number of hydrogen-bond donors (Lipinski definition) is 0. The number of unbranched alkanes of at least 4 members (excludes halogenated alkanes) is 16. The zero-order valence-electron chi connectivity index (χ0n) is 15.1. The van der Waals surface area contributed by atoms with E-state index in [1.165, 1.54) is 103 Å². The maximum Gasteiger partial charge on any atom is 0.135 e. The Morgan fingerprint density at radius 1 is 0.591 bits per heavy atom. The van der Waals surface area contributed by atoms with Crippen LogP contribution < -0.4 is 0 Å². The van der Waals surface area contributed by atoms with Gasteiger partial charge in [0.05, 0.1) is 0 Å². The Balaban J connectivity index is 2.97. The van der Waals surface area contributed by atoms with Crippen LogP contribution in [0.25, 0.3) is 0 Å². The summed E-state index contributed by atoms with van der Waals surface area (Å²) in [5.41, 5.74) is 0. The Bertz CT molecular complexity index is 248. The topological polar surface area (TPSA) is 9.23 Å². The molecular formula is C21H39O. The van der Waals surface area contributed by atoms with E-state index in [0.717, 1.165) is 6.42 Å². The lowest BCUT2D eigenvalue weighted by Crippen LogP contribution is -1.83. The van der Waals surface area contributed by atoms with Crippen LogP contribution in [0.4, 0.5) is 0 Å². The first-order chi connectivity index (χ1) is 10.9. The van der Waals surface area contributed by atoms with Crippen molar-refractivity contribution < 1.29 is 4.74 Å². The van der Waals surface area contributed by atoms with Gasteiger partial charge < -0.3 is 4.74 Å². The summed E-state index contributed by atoms with van der Waals surface area (Å²) in [4.78, 5) is 0. The van der Waals surface area contributed by atoms with Crippen LogP contribution in [0, 0.1) is 19.1 Å². The zero-order valence-corrected chi connectivity index (χ0v) is 15.1. The first-order valence-electron chi connectivity index (χ1n) is 9.80. The average Bonchev–Trinajstić information content (AvgIpc) is 2.54. The molecular weight excluding hydrogens is 268 g/mol. The van der Waals surface area contributed by atoms with E-state index in [9.17, 15) is 0 Å². The second-order valence-electron chi connectivity index (χ2n) is 6.48. The van der Waals surface area contributed by atoms with Crippen molar-refractivity contribution in [3.63, 3.8) is 0 Å². The monoisotopic (exact) mass is 307 g/mol. The van der Waals surface area contributed by atoms with E-state index in [-0.39, 0.29) is 0 Å². The zero-order chi connectivity index (χ0) is 16.1. The Labute approximate surface area is 140 Å². The molecule has 0 spiro atoms. The molecule has 0 aromatic carbocycles. The van der Waals surface area contributed by atoms with Gasteiger partial charge in [-0.3, -0.25) is 0 Å². The predicted molar refractivity (Wildman–Crippen MR) is 98.4 cm³/mol. The predicted octanol–water partition coefficient (Wildman–Crippen LogP) is 7.41. The molecule has 0 saturated carbocycles. The third-order valence-electron chi connectivity index (χ3n) is 4.30. The molecule has 1 radical (unpaired) electrons. The molecule has 0 aromatic rings. The molecule has 0 heterocycles. The van der Waals surface area contributed by atoms with Gasteiger partial charge in [-0.2, -0.15) is 0 Å². The molecule has 0 atom stereocenters. The summed E-state index contributed by atoms with van der Waals surface area (Å²) in [6.45, 7) is 2.29. The molecule has 0 unspecified atom stereocenters. The standard InChI is InChI=1S/C21H39O/c1-3-4-5-6-7-8-9-10-11-12-13-14-15-16-17-18-19-20-21-22-2/h2-19H2,1H3. The van der Waals surface area contributed by atoms with E-state index in [1.807, 2.05) is 0 Å². The number of ether oxygens (including phenoxy) is 1. The minimum absolute atomic E-state index is 0.952. The van der Waals surface area contributed by atoms with Gasteiger partial charge in [-0.15, -0.1) is 0 Å². The van der Waals surface area contributed by atoms with Gasteiger partial charge in [0.15, 0.2) is 0 Å². The summed E-state index contributed by atoms with van der Waals surface area (Å²) in [7, 11) is 3.23. The molecule has 0 saturated heterocycles. The van der Waals surface area contributed by atoms with Gasteiger partial charge in [-0.1, -0.05) is 109 Å². The Morgan fingerprint density at radius 3 is 1.32 bits per heavy atom. The van der Waals surface area contributed by atoms with E-state index >= 15 is 0 Å². The van der Waals surface area contributed by atoms with Crippen molar-refractivity contribution in [2.75, 3.05) is 0 Å². The molecule has 0 amide bonds. The fraction of sp³-hybridized carbons (Fsp3) is 0.857. The number of hydrogen-bond acceptors (Lipinski definition) is 1. The summed E-state index contributed by atoms with van der Waals surface area (Å²) in [5, 5.41) is 0. The fourth-order valence-corrected chi connectivity index (χ4v) is 2.86. The van der Waals surface area contributed by atoms with Crippen molar-refractivity contribution in [2.24, 2.45) is 0 Å². The fourth-order valence-electron chi connectivity index (χ4n) is 2.86. The normalized spacial score (nSPS) is 10.3. The quantitative estimate of drug-likeness (QED) is 0.213. The van der Waals surface area contributed by atoms with Gasteiger partial charge in [0.2, 0.25) is 0 Å². The van der Waals surface area contributed by atoms with E-state index < -0.39 is 0 Å². The van der Waals surface area contributed by atoms with Crippen LogP contribution >= 0.6 is 0 Å². The Hall–Kier alpha value is -0.640. The summed E-state index contributed by atoms with van der Waals surface area (Å²) in [5.74, 6) is 2.95. The second-order valence-corrected chi connectivity index (χ2v) is 6.48. The van der Waals surface area contributed by atoms with Crippen molar-refractivity contribution in [1.29, 1.82) is 0 Å². The summed E-state index contributed by atoms with van der Waals surface area (Å²) in [6.07, 6.45) is 26.1.